The smallest absolute Gasteiger partial charge is 0.219 e. The van der Waals surface area contributed by atoms with Gasteiger partial charge in [0.15, 0.2) is 5.82 Å². The summed E-state index contributed by atoms with van der Waals surface area (Å²) in [4.78, 5) is 33.5. The van der Waals surface area contributed by atoms with Gasteiger partial charge in [-0.15, -0.1) is 11.3 Å². The van der Waals surface area contributed by atoms with Crippen molar-refractivity contribution in [3.05, 3.63) is 41.3 Å². The molecule has 0 spiro atoms. The van der Waals surface area contributed by atoms with Gasteiger partial charge in [0, 0.05) is 56.5 Å². The summed E-state index contributed by atoms with van der Waals surface area (Å²) in [6.45, 7) is 8.87. The summed E-state index contributed by atoms with van der Waals surface area (Å²) in [5.41, 5.74) is 11.4. The average Bonchev–Trinajstić information content (AvgIpc) is 3.42. The van der Waals surface area contributed by atoms with Crippen LogP contribution >= 0.6 is 11.3 Å². The lowest BCUT2D eigenvalue weighted by Crippen LogP contribution is -2.47. The Hall–Kier alpha value is -3.50. The summed E-state index contributed by atoms with van der Waals surface area (Å²) < 4.78 is 8.65. The van der Waals surface area contributed by atoms with E-state index in [-0.39, 0.29) is 11.7 Å². The third-order valence-electron chi connectivity index (χ3n) is 7.07. The zero-order chi connectivity index (χ0) is 26.3. The second-order valence-electron chi connectivity index (χ2n) is 9.69. The maximum atomic E-state index is 12.1. The molecule has 0 atom stereocenters. The first kappa shape index (κ1) is 25.2. The molecule has 194 valence electrons. The standard InChI is InChI=1S/C27H32N6O3S/c1-16-11-19-13-23(37-26(19)22(12-16)36-4)24-20(6-5-17(2)34)21(33-25(24)27(28)29-15-30-33)14-31-7-9-32(10-8-31)18(3)35/h11-13,15H,5-10,14H2,1-4H3,(H2,28,29,30). The molecule has 0 bridgehead atoms. The molecule has 0 radical (unpaired) electrons. The lowest BCUT2D eigenvalue weighted by molar-refractivity contribution is -0.130. The monoisotopic (exact) mass is 520 g/mol. The highest BCUT2D eigenvalue weighted by atomic mass is 32.1. The van der Waals surface area contributed by atoms with E-state index >= 15 is 0 Å². The van der Waals surface area contributed by atoms with Gasteiger partial charge in [0.1, 0.15) is 23.4 Å². The van der Waals surface area contributed by atoms with Crippen LogP contribution in [0.1, 0.15) is 37.1 Å². The Kier molecular flexibility index (Phi) is 6.87. The van der Waals surface area contributed by atoms with Gasteiger partial charge in [0.25, 0.3) is 0 Å². The summed E-state index contributed by atoms with van der Waals surface area (Å²) in [5, 5.41) is 5.72. The molecule has 2 N–H and O–H groups in total. The van der Waals surface area contributed by atoms with E-state index in [1.165, 1.54) is 6.33 Å². The van der Waals surface area contributed by atoms with Crippen LogP contribution in [0.15, 0.2) is 24.5 Å². The number of thiophene rings is 1. The second kappa shape index (κ2) is 10.1. The summed E-state index contributed by atoms with van der Waals surface area (Å²) in [7, 11) is 1.69. The first-order valence-electron chi connectivity index (χ1n) is 12.5. The summed E-state index contributed by atoms with van der Waals surface area (Å²) >= 11 is 1.65. The topological polar surface area (TPSA) is 106 Å². The number of ether oxygens (including phenoxy) is 1. The predicted molar refractivity (Wildman–Crippen MR) is 146 cm³/mol. The molecule has 9 nitrogen and oxygen atoms in total. The molecule has 1 fully saturated rings. The number of anilines is 1. The van der Waals surface area contributed by atoms with Gasteiger partial charge in [0.05, 0.1) is 17.5 Å². The van der Waals surface area contributed by atoms with Crippen molar-refractivity contribution in [1.82, 2.24) is 24.4 Å². The number of hydrogen-bond donors (Lipinski definition) is 1. The van der Waals surface area contributed by atoms with Crippen LogP contribution in [0.25, 0.3) is 26.0 Å². The Bertz CT molecular complexity index is 1500. The number of carbonyl (C=O) groups is 2. The van der Waals surface area contributed by atoms with Crippen LogP contribution in [-0.4, -0.2) is 69.4 Å². The van der Waals surface area contributed by atoms with Crippen molar-refractivity contribution in [1.29, 1.82) is 0 Å². The fraction of sp³-hybridized carbons (Fsp3) is 0.407. The van der Waals surface area contributed by atoms with Crippen molar-refractivity contribution in [3.63, 3.8) is 0 Å². The van der Waals surface area contributed by atoms with E-state index < -0.39 is 0 Å². The molecule has 1 aromatic carbocycles. The number of hydrogen-bond acceptors (Lipinski definition) is 8. The van der Waals surface area contributed by atoms with E-state index in [0.717, 1.165) is 61.7 Å². The van der Waals surface area contributed by atoms with Crippen molar-refractivity contribution in [2.75, 3.05) is 39.0 Å². The van der Waals surface area contributed by atoms with Gasteiger partial charge in [-0.2, -0.15) is 5.10 Å². The molecule has 3 aromatic heterocycles. The van der Waals surface area contributed by atoms with Crippen LogP contribution in [0.5, 0.6) is 5.75 Å². The molecule has 4 aromatic rings. The predicted octanol–water partition coefficient (Wildman–Crippen LogP) is 3.70. The highest BCUT2D eigenvalue weighted by Crippen LogP contribution is 2.44. The number of methoxy groups -OCH3 is 1. The Balaban J connectivity index is 1.67. The van der Waals surface area contributed by atoms with E-state index in [9.17, 15) is 9.59 Å². The van der Waals surface area contributed by atoms with Crippen LogP contribution in [0.4, 0.5) is 5.82 Å². The van der Waals surface area contributed by atoms with Crippen LogP contribution in [0, 0.1) is 6.92 Å². The molecule has 4 heterocycles. The first-order valence-corrected chi connectivity index (χ1v) is 13.3. The number of amides is 1. The fourth-order valence-corrected chi connectivity index (χ4v) is 6.40. The minimum Gasteiger partial charge on any atom is -0.495 e. The number of fused-ring (bicyclic) bond motifs is 2. The molecule has 1 aliphatic heterocycles. The van der Waals surface area contributed by atoms with Crippen molar-refractivity contribution in [2.45, 2.75) is 40.2 Å². The number of piperazine rings is 1. The number of Topliss-reactive ketones (excluding diaryl/α,β-unsaturated/α-hetero) is 1. The largest absolute Gasteiger partial charge is 0.495 e. The SMILES string of the molecule is COc1cc(C)cc2cc(-c3c(CCC(C)=O)c(CN4CCN(C(C)=O)CC4)n4ncnc(N)c34)sc12. The first-order chi connectivity index (χ1) is 17.8. The molecule has 37 heavy (non-hydrogen) atoms. The van der Waals surface area contributed by atoms with Crippen LogP contribution in [-0.2, 0) is 22.6 Å². The Labute approximate surface area is 219 Å². The van der Waals surface area contributed by atoms with Crippen molar-refractivity contribution < 1.29 is 14.3 Å². The zero-order valence-electron chi connectivity index (χ0n) is 21.7. The van der Waals surface area contributed by atoms with E-state index in [0.29, 0.717) is 38.3 Å². The molecule has 0 aliphatic carbocycles. The number of rotatable bonds is 7. The third kappa shape index (κ3) is 4.78. The van der Waals surface area contributed by atoms with Gasteiger partial charge in [-0.3, -0.25) is 9.69 Å². The lowest BCUT2D eigenvalue weighted by atomic mass is 10.0. The number of nitrogens with zero attached hydrogens (tertiary/aromatic N) is 5. The Morgan fingerprint density at radius 3 is 2.57 bits per heavy atom. The molecule has 0 unspecified atom stereocenters. The van der Waals surface area contributed by atoms with Gasteiger partial charge in [-0.25, -0.2) is 9.50 Å². The number of ketones is 1. The lowest BCUT2D eigenvalue weighted by Gasteiger charge is -2.34. The number of aromatic nitrogens is 3. The molecule has 10 heteroatoms. The van der Waals surface area contributed by atoms with Gasteiger partial charge in [0.2, 0.25) is 5.91 Å². The highest BCUT2D eigenvalue weighted by molar-refractivity contribution is 7.22. The summed E-state index contributed by atoms with van der Waals surface area (Å²) in [5.74, 6) is 1.48. The Morgan fingerprint density at radius 2 is 1.89 bits per heavy atom. The molecule has 1 aliphatic rings. The normalized spacial score (nSPS) is 14.5. The number of carbonyl (C=O) groups excluding carboxylic acids is 2. The molecular weight excluding hydrogens is 488 g/mol. The minimum atomic E-state index is 0.105. The van der Waals surface area contributed by atoms with Gasteiger partial charge in [-0.1, -0.05) is 6.07 Å². The molecular formula is C27H32N6O3S. The Morgan fingerprint density at radius 1 is 1.14 bits per heavy atom. The fourth-order valence-electron chi connectivity index (χ4n) is 5.19. The number of aryl methyl sites for hydroxylation is 1. The van der Waals surface area contributed by atoms with E-state index in [1.807, 2.05) is 15.5 Å². The quantitative estimate of drug-likeness (QED) is 0.396. The van der Waals surface area contributed by atoms with E-state index in [1.54, 1.807) is 32.3 Å². The molecule has 1 saturated heterocycles. The summed E-state index contributed by atoms with van der Waals surface area (Å²) in [6.07, 6.45) is 2.49. The maximum absolute atomic E-state index is 12.1. The number of nitrogen functional groups attached to an aromatic ring is 1. The van der Waals surface area contributed by atoms with Crippen molar-refractivity contribution in [2.24, 2.45) is 0 Å². The van der Waals surface area contributed by atoms with Gasteiger partial charge >= 0.3 is 0 Å². The molecule has 5 rings (SSSR count). The van der Waals surface area contributed by atoms with Gasteiger partial charge < -0.3 is 20.2 Å². The highest BCUT2D eigenvalue weighted by Gasteiger charge is 2.27. The van der Waals surface area contributed by atoms with E-state index in [2.05, 4.69) is 34.0 Å². The number of nitrogens with two attached hydrogens (primary N) is 1. The minimum absolute atomic E-state index is 0.105. The zero-order valence-corrected chi connectivity index (χ0v) is 22.5. The van der Waals surface area contributed by atoms with Crippen LogP contribution in [0.3, 0.4) is 0 Å². The van der Waals surface area contributed by atoms with Crippen LogP contribution < -0.4 is 10.5 Å². The summed E-state index contributed by atoms with van der Waals surface area (Å²) in [6, 6.07) is 6.37. The maximum Gasteiger partial charge on any atom is 0.219 e. The second-order valence-corrected chi connectivity index (χ2v) is 10.7. The third-order valence-corrected chi connectivity index (χ3v) is 8.25. The number of benzene rings is 1. The van der Waals surface area contributed by atoms with Crippen LogP contribution in [0.2, 0.25) is 0 Å². The van der Waals surface area contributed by atoms with Crippen molar-refractivity contribution in [3.8, 4) is 16.2 Å². The molecule has 1 amide bonds. The van der Waals surface area contributed by atoms with Crippen molar-refractivity contribution >= 4 is 44.4 Å². The van der Waals surface area contributed by atoms with Gasteiger partial charge in [-0.05, 0) is 48.9 Å². The molecule has 0 saturated carbocycles. The average molecular weight is 521 g/mol. The van der Waals surface area contributed by atoms with E-state index in [4.69, 9.17) is 10.5 Å².